The molecule has 3 aromatic rings. The average molecular weight is 410 g/mol. The fourth-order valence-corrected chi connectivity index (χ4v) is 3.22. The van der Waals surface area contributed by atoms with E-state index in [1.54, 1.807) is 29.9 Å². The normalized spacial score (nSPS) is 11.5. The van der Waals surface area contributed by atoms with Gasteiger partial charge in [-0.1, -0.05) is 0 Å². The molecule has 2 heterocycles. The Morgan fingerprint density at radius 2 is 1.97 bits per heavy atom. The van der Waals surface area contributed by atoms with Gasteiger partial charge < -0.3 is 15.8 Å². The van der Waals surface area contributed by atoms with Crippen LogP contribution in [0.5, 0.6) is 0 Å². The molecule has 0 aliphatic rings. The number of amides is 2. The number of carbonyl (C=O) groups is 3. The summed E-state index contributed by atoms with van der Waals surface area (Å²) in [6, 6.07) is 9.78. The summed E-state index contributed by atoms with van der Waals surface area (Å²) in [6.45, 7) is 1.48. The number of primary amides is 1. The number of anilines is 1. The summed E-state index contributed by atoms with van der Waals surface area (Å²) >= 11 is 1.40. The molecule has 2 amide bonds. The first-order valence-corrected chi connectivity index (χ1v) is 9.55. The lowest BCUT2D eigenvalue weighted by Crippen LogP contribution is -2.30. The first-order valence-electron chi connectivity index (χ1n) is 8.67. The molecule has 0 unspecified atom stereocenters. The van der Waals surface area contributed by atoms with Crippen LogP contribution < -0.4 is 11.1 Å². The van der Waals surface area contributed by atoms with E-state index in [9.17, 15) is 14.4 Å². The summed E-state index contributed by atoms with van der Waals surface area (Å²) in [5.74, 6) is -1.60. The zero-order valence-corrected chi connectivity index (χ0v) is 16.3. The standard InChI is InChI=1S/C20H18N4O4S/c1-12(19(27)23-15-6-4-13(5-7-15)18(21)26)28-17(25)9-16-11-29-20(24-16)14-3-2-8-22-10-14/h2-8,10-12H,9H2,1H3,(H2,21,26)(H,23,27)/t12-/m0/s1. The van der Waals surface area contributed by atoms with Gasteiger partial charge in [0, 0.05) is 34.6 Å². The number of hydrogen-bond donors (Lipinski definition) is 2. The maximum absolute atomic E-state index is 12.2. The third kappa shape index (κ3) is 5.45. The number of thiazole rings is 1. The van der Waals surface area contributed by atoms with Gasteiger partial charge in [0.05, 0.1) is 12.1 Å². The maximum atomic E-state index is 12.2. The molecule has 3 N–H and O–H groups in total. The number of nitrogens with zero attached hydrogens (tertiary/aromatic N) is 2. The lowest BCUT2D eigenvalue weighted by molar-refractivity contribution is -0.152. The van der Waals surface area contributed by atoms with E-state index in [0.29, 0.717) is 16.9 Å². The van der Waals surface area contributed by atoms with E-state index in [0.717, 1.165) is 10.6 Å². The molecule has 3 rings (SSSR count). The van der Waals surface area contributed by atoms with Crippen molar-refractivity contribution in [2.75, 3.05) is 5.32 Å². The predicted molar refractivity (Wildman–Crippen MR) is 108 cm³/mol. The Bertz CT molecular complexity index is 1020. The molecule has 0 saturated heterocycles. The summed E-state index contributed by atoms with van der Waals surface area (Å²) in [5.41, 5.74) is 7.40. The number of benzene rings is 1. The Hall–Kier alpha value is -3.59. The first kappa shape index (κ1) is 20.2. The summed E-state index contributed by atoms with van der Waals surface area (Å²) in [6.07, 6.45) is 2.34. The molecule has 0 spiro atoms. The van der Waals surface area contributed by atoms with Crippen molar-refractivity contribution in [2.24, 2.45) is 5.73 Å². The van der Waals surface area contributed by atoms with Crippen LogP contribution >= 0.6 is 11.3 Å². The Morgan fingerprint density at radius 1 is 1.21 bits per heavy atom. The van der Waals surface area contributed by atoms with Gasteiger partial charge in [0.15, 0.2) is 6.10 Å². The van der Waals surface area contributed by atoms with Crippen LogP contribution in [-0.2, 0) is 20.7 Å². The van der Waals surface area contributed by atoms with Gasteiger partial charge in [0.25, 0.3) is 5.91 Å². The summed E-state index contributed by atoms with van der Waals surface area (Å²) in [5, 5.41) is 5.14. The van der Waals surface area contributed by atoms with Crippen LogP contribution in [0.1, 0.15) is 23.0 Å². The largest absolute Gasteiger partial charge is 0.452 e. The molecule has 29 heavy (non-hydrogen) atoms. The van der Waals surface area contributed by atoms with Gasteiger partial charge in [-0.3, -0.25) is 19.4 Å². The lowest BCUT2D eigenvalue weighted by Gasteiger charge is -2.13. The second-order valence-corrected chi connectivity index (χ2v) is 6.98. The van der Waals surface area contributed by atoms with Gasteiger partial charge in [0.2, 0.25) is 5.91 Å². The number of hydrogen-bond acceptors (Lipinski definition) is 7. The van der Waals surface area contributed by atoms with Crippen molar-refractivity contribution in [3.05, 3.63) is 65.4 Å². The molecule has 2 aromatic heterocycles. The molecule has 0 aliphatic carbocycles. The van der Waals surface area contributed by atoms with Gasteiger partial charge in [0.1, 0.15) is 5.01 Å². The molecule has 8 nitrogen and oxygen atoms in total. The van der Waals surface area contributed by atoms with Crippen molar-refractivity contribution in [2.45, 2.75) is 19.4 Å². The minimum atomic E-state index is -0.991. The minimum Gasteiger partial charge on any atom is -0.452 e. The number of pyridine rings is 1. The lowest BCUT2D eigenvalue weighted by atomic mass is 10.2. The van der Waals surface area contributed by atoms with Crippen molar-refractivity contribution in [1.82, 2.24) is 9.97 Å². The van der Waals surface area contributed by atoms with Gasteiger partial charge in [-0.15, -0.1) is 11.3 Å². The van der Waals surface area contributed by atoms with Crippen LogP contribution in [-0.4, -0.2) is 33.9 Å². The third-order valence-corrected chi connectivity index (χ3v) is 4.84. The fourth-order valence-electron chi connectivity index (χ4n) is 2.41. The number of nitrogens with two attached hydrogens (primary N) is 1. The van der Waals surface area contributed by atoms with E-state index in [4.69, 9.17) is 10.5 Å². The van der Waals surface area contributed by atoms with Gasteiger partial charge in [-0.2, -0.15) is 0 Å². The third-order valence-electron chi connectivity index (χ3n) is 3.90. The van der Waals surface area contributed by atoms with Crippen LogP contribution in [0.3, 0.4) is 0 Å². The van der Waals surface area contributed by atoms with Crippen LogP contribution in [0.25, 0.3) is 10.6 Å². The number of aromatic nitrogens is 2. The predicted octanol–water partition coefficient (Wildman–Crippen LogP) is 2.42. The van der Waals surface area contributed by atoms with Crippen LogP contribution in [0.15, 0.2) is 54.2 Å². The summed E-state index contributed by atoms with van der Waals surface area (Å²) in [4.78, 5) is 43.9. The van der Waals surface area contributed by atoms with Crippen molar-refractivity contribution in [1.29, 1.82) is 0 Å². The van der Waals surface area contributed by atoms with Crippen LogP contribution in [0, 0.1) is 0 Å². The van der Waals surface area contributed by atoms with Crippen LogP contribution in [0.4, 0.5) is 5.69 Å². The van der Waals surface area contributed by atoms with E-state index >= 15 is 0 Å². The molecular formula is C20H18N4O4S. The minimum absolute atomic E-state index is 0.0400. The Kier molecular flexibility index (Phi) is 6.30. The summed E-state index contributed by atoms with van der Waals surface area (Å²) < 4.78 is 5.19. The number of rotatable bonds is 7. The van der Waals surface area contributed by atoms with Crippen LogP contribution in [0.2, 0.25) is 0 Å². The van der Waals surface area contributed by atoms with Crippen molar-refractivity contribution >= 4 is 34.8 Å². The van der Waals surface area contributed by atoms with E-state index in [1.165, 1.54) is 30.4 Å². The number of esters is 1. The molecule has 148 valence electrons. The zero-order valence-electron chi connectivity index (χ0n) is 15.5. The average Bonchev–Trinajstić information content (AvgIpc) is 3.17. The molecule has 9 heteroatoms. The first-order chi connectivity index (χ1) is 13.9. The molecule has 0 fully saturated rings. The quantitative estimate of drug-likeness (QED) is 0.577. The van der Waals surface area contributed by atoms with E-state index in [2.05, 4.69) is 15.3 Å². The fraction of sp³-hybridized carbons (Fsp3) is 0.150. The Morgan fingerprint density at radius 3 is 2.62 bits per heavy atom. The number of carbonyl (C=O) groups excluding carboxylic acids is 3. The molecular weight excluding hydrogens is 392 g/mol. The topological polar surface area (TPSA) is 124 Å². The number of ether oxygens (including phenoxy) is 1. The van der Waals surface area contributed by atoms with E-state index in [-0.39, 0.29) is 6.42 Å². The van der Waals surface area contributed by atoms with Crippen molar-refractivity contribution in [3.63, 3.8) is 0 Å². The SMILES string of the molecule is C[C@H](OC(=O)Cc1csc(-c2cccnc2)n1)C(=O)Nc1ccc(C(N)=O)cc1. The van der Waals surface area contributed by atoms with Crippen molar-refractivity contribution in [3.8, 4) is 10.6 Å². The number of nitrogens with one attached hydrogen (secondary N) is 1. The second kappa shape index (κ2) is 9.07. The molecule has 0 saturated carbocycles. The molecule has 0 radical (unpaired) electrons. The second-order valence-electron chi connectivity index (χ2n) is 6.13. The Balaban J connectivity index is 1.53. The highest BCUT2D eigenvalue weighted by atomic mass is 32.1. The Labute approximate surface area is 170 Å². The highest BCUT2D eigenvalue weighted by Gasteiger charge is 2.19. The molecule has 1 aromatic carbocycles. The molecule has 0 aliphatic heterocycles. The van der Waals surface area contributed by atoms with Crippen molar-refractivity contribution < 1.29 is 19.1 Å². The molecule has 0 bridgehead atoms. The highest BCUT2D eigenvalue weighted by Crippen LogP contribution is 2.23. The monoisotopic (exact) mass is 410 g/mol. The van der Waals surface area contributed by atoms with Gasteiger partial charge in [-0.25, -0.2) is 4.98 Å². The van der Waals surface area contributed by atoms with E-state index < -0.39 is 23.9 Å². The summed E-state index contributed by atoms with van der Waals surface area (Å²) in [7, 11) is 0. The van der Waals surface area contributed by atoms with Gasteiger partial charge in [-0.05, 0) is 43.3 Å². The highest BCUT2D eigenvalue weighted by molar-refractivity contribution is 7.13. The molecule has 1 atom stereocenters. The maximum Gasteiger partial charge on any atom is 0.312 e. The van der Waals surface area contributed by atoms with E-state index in [1.807, 2.05) is 12.1 Å². The van der Waals surface area contributed by atoms with Gasteiger partial charge >= 0.3 is 5.97 Å². The smallest absolute Gasteiger partial charge is 0.312 e. The zero-order chi connectivity index (χ0) is 20.8.